The number of likely N-dealkylation sites (tertiary alicyclic amines) is 1. The van der Waals surface area contributed by atoms with Crippen LogP contribution < -0.4 is 5.32 Å². The fraction of sp³-hybridized carbons (Fsp3) is 0.654. The lowest BCUT2D eigenvalue weighted by atomic mass is 9.86. The smallest absolute Gasteiger partial charge is 0.220 e. The second-order valence-corrected chi connectivity index (χ2v) is 10.8. The maximum absolute atomic E-state index is 12.9. The van der Waals surface area contributed by atoms with Gasteiger partial charge >= 0.3 is 0 Å². The van der Waals surface area contributed by atoms with E-state index in [0.717, 1.165) is 38.2 Å². The van der Waals surface area contributed by atoms with E-state index in [1.165, 1.54) is 36.9 Å². The molecule has 6 heteroatoms. The van der Waals surface area contributed by atoms with Crippen molar-refractivity contribution >= 4 is 5.91 Å². The van der Waals surface area contributed by atoms with Gasteiger partial charge in [0.05, 0.1) is 17.9 Å². The molecular weight excluding hydrogens is 398 g/mol. The van der Waals surface area contributed by atoms with Crippen LogP contribution in [0.1, 0.15) is 88.7 Å². The summed E-state index contributed by atoms with van der Waals surface area (Å²) in [6.07, 6.45) is 11.6. The van der Waals surface area contributed by atoms with Crippen LogP contribution in [0.15, 0.2) is 30.6 Å². The maximum atomic E-state index is 12.9. The molecule has 4 rings (SSSR count). The average molecular weight is 438 g/mol. The van der Waals surface area contributed by atoms with Gasteiger partial charge < -0.3 is 5.32 Å². The minimum absolute atomic E-state index is 0.00585. The Morgan fingerprint density at radius 1 is 1.19 bits per heavy atom. The zero-order valence-electron chi connectivity index (χ0n) is 19.9. The van der Waals surface area contributed by atoms with Gasteiger partial charge in [-0.3, -0.25) is 19.8 Å². The molecule has 3 heterocycles. The molecule has 2 aromatic rings. The van der Waals surface area contributed by atoms with E-state index in [1.807, 2.05) is 24.5 Å². The van der Waals surface area contributed by atoms with Gasteiger partial charge in [-0.2, -0.15) is 5.10 Å². The van der Waals surface area contributed by atoms with E-state index in [-0.39, 0.29) is 17.4 Å². The Kier molecular flexibility index (Phi) is 7.29. The number of amides is 1. The molecule has 0 bridgehead atoms. The maximum Gasteiger partial charge on any atom is 0.220 e. The standard InChI is InChI=1S/C26H39N5O/c1-26(2,3)25-21(17-28-30-25)18-31-14-11-20(12-15-31)24(22-10-6-7-13-27-22)29-23(32)16-19-8-4-5-9-19/h6-7,10,13,17,19-20,24H,4-5,8-9,11-12,14-16,18H2,1-3H3,(H,28,30)(H,29,32)/t24-/m1/s1. The van der Waals surface area contributed by atoms with Crippen molar-refractivity contribution in [3.8, 4) is 0 Å². The van der Waals surface area contributed by atoms with E-state index in [9.17, 15) is 4.79 Å². The highest BCUT2D eigenvalue weighted by Gasteiger charge is 2.31. The number of aromatic amines is 1. The zero-order valence-corrected chi connectivity index (χ0v) is 19.9. The van der Waals surface area contributed by atoms with Crippen LogP contribution in [0.3, 0.4) is 0 Å². The molecule has 0 unspecified atom stereocenters. The number of H-pyrrole nitrogens is 1. The second kappa shape index (κ2) is 10.2. The molecule has 0 aromatic carbocycles. The summed E-state index contributed by atoms with van der Waals surface area (Å²) in [5.74, 6) is 1.18. The number of piperidine rings is 1. The first-order valence-electron chi connectivity index (χ1n) is 12.4. The van der Waals surface area contributed by atoms with Gasteiger partial charge in [0.25, 0.3) is 0 Å². The van der Waals surface area contributed by atoms with Crippen LogP contribution in [0.25, 0.3) is 0 Å². The quantitative estimate of drug-likeness (QED) is 0.655. The monoisotopic (exact) mass is 437 g/mol. The highest BCUT2D eigenvalue weighted by molar-refractivity contribution is 5.76. The molecule has 0 radical (unpaired) electrons. The van der Waals surface area contributed by atoms with Gasteiger partial charge in [-0.05, 0) is 62.7 Å². The highest BCUT2D eigenvalue weighted by Crippen LogP contribution is 2.33. The third-order valence-corrected chi connectivity index (χ3v) is 7.24. The van der Waals surface area contributed by atoms with Crippen molar-refractivity contribution in [2.45, 2.75) is 83.7 Å². The number of nitrogens with one attached hydrogen (secondary N) is 2. The Morgan fingerprint density at radius 2 is 1.94 bits per heavy atom. The fourth-order valence-electron chi connectivity index (χ4n) is 5.47. The lowest BCUT2D eigenvalue weighted by molar-refractivity contribution is -0.123. The topological polar surface area (TPSA) is 73.9 Å². The molecule has 2 N–H and O–H groups in total. The van der Waals surface area contributed by atoms with E-state index < -0.39 is 0 Å². The molecule has 2 fully saturated rings. The SMILES string of the molecule is CC(C)(C)c1[nH]ncc1CN1CCC([C@@H](NC(=O)CC2CCCC2)c2ccccn2)CC1. The molecule has 1 amide bonds. The molecule has 6 nitrogen and oxygen atoms in total. The van der Waals surface area contributed by atoms with Gasteiger partial charge in [-0.25, -0.2) is 0 Å². The minimum Gasteiger partial charge on any atom is -0.347 e. The van der Waals surface area contributed by atoms with Gasteiger partial charge in [-0.15, -0.1) is 0 Å². The normalized spacial score (nSPS) is 19.8. The van der Waals surface area contributed by atoms with E-state index in [2.05, 4.69) is 52.2 Å². The average Bonchev–Trinajstić information content (AvgIpc) is 3.45. The highest BCUT2D eigenvalue weighted by atomic mass is 16.1. The van der Waals surface area contributed by atoms with Gasteiger partial charge in [0.2, 0.25) is 5.91 Å². The van der Waals surface area contributed by atoms with Crippen molar-refractivity contribution in [1.82, 2.24) is 25.4 Å². The van der Waals surface area contributed by atoms with Crippen molar-refractivity contribution in [3.05, 3.63) is 47.5 Å². The Labute approximate surface area is 192 Å². The van der Waals surface area contributed by atoms with Crippen molar-refractivity contribution in [3.63, 3.8) is 0 Å². The van der Waals surface area contributed by atoms with Gasteiger partial charge in [0.1, 0.15) is 0 Å². The molecule has 32 heavy (non-hydrogen) atoms. The Bertz CT molecular complexity index is 858. The largest absolute Gasteiger partial charge is 0.347 e. The first kappa shape index (κ1) is 23.0. The summed E-state index contributed by atoms with van der Waals surface area (Å²) in [5.41, 5.74) is 3.58. The van der Waals surface area contributed by atoms with Crippen LogP contribution in [0.5, 0.6) is 0 Å². The number of hydrogen-bond donors (Lipinski definition) is 2. The number of rotatable bonds is 7. The van der Waals surface area contributed by atoms with E-state index in [4.69, 9.17) is 0 Å². The van der Waals surface area contributed by atoms with Crippen LogP contribution in [-0.2, 0) is 16.8 Å². The van der Waals surface area contributed by atoms with Crippen molar-refractivity contribution in [2.75, 3.05) is 13.1 Å². The van der Waals surface area contributed by atoms with Gasteiger partial charge in [0.15, 0.2) is 0 Å². The molecule has 1 atom stereocenters. The van der Waals surface area contributed by atoms with Crippen molar-refractivity contribution in [2.24, 2.45) is 11.8 Å². The number of aromatic nitrogens is 3. The van der Waals surface area contributed by atoms with Crippen LogP contribution in [0, 0.1) is 11.8 Å². The molecule has 1 aliphatic carbocycles. The first-order chi connectivity index (χ1) is 15.4. The van der Waals surface area contributed by atoms with Crippen molar-refractivity contribution in [1.29, 1.82) is 0 Å². The Morgan fingerprint density at radius 3 is 2.59 bits per heavy atom. The van der Waals surface area contributed by atoms with Crippen LogP contribution in [0.4, 0.5) is 0 Å². The second-order valence-electron chi connectivity index (χ2n) is 10.8. The first-order valence-corrected chi connectivity index (χ1v) is 12.4. The van der Waals surface area contributed by atoms with Crippen LogP contribution in [-0.4, -0.2) is 39.1 Å². The van der Waals surface area contributed by atoms with E-state index in [1.54, 1.807) is 0 Å². The Balaban J connectivity index is 1.38. The van der Waals surface area contributed by atoms with Crippen molar-refractivity contribution < 1.29 is 4.79 Å². The number of nitrogens with zero attached hydrogens (tertiary/aromatic N) is 3. The summed E-state index contributed by atoms with van der Waals surface area (Å²) in [7, 11) is 0. The van der Waals surface area contributed by atoms with E-state index in [0.29, 0.717) is 18.3 Å². The zero-order chi connectivity index (χ0) is 22.6. The predicted molar refractivity (Wildman–Crippen MR) is 127 cm³/mol. The summed E-state index contributed by atoms with van der Waals surface area (Å²) in [5, 5.41) is 10.9. The Hall–Kier alpha value is -2.21. The summed E-state index contributed by atoms with van der Waals surface area (Å²) in [6.45, 7) is 9.66. The number of hydrogen-bond acceptors (Lipinski definition) is 4. The summed E-state index contributed by atoms with van der Waals surface area (Å²) < 4.78 is 0. The number of carbonyl (C=O) groups excluding carboxylic acids is 1. The summed E-state index contributed by atoms with van der Waals surface area (Å²) in [6, 6.07) is 6.04. The minimum atomic E-state index is 0.00585. The lowest BCUT2D eigenvalue weighted by Crippen LogP contribution is -2.41. The van der Waals surface area contributed by atoms with Crippen LogP contribution >= 0.6 is 0 Å². The molecule has 174 valence electrons. The molecule has 2 aromatic heterocycles. The summed E-state index contributed by atoms with van der Waals surface area (Å²) in [4.78, 5) is 20.0. The molecule has 1 saturated heterocycles. The fourth-order valence-corrected chi connectivity index (χ4v) is 5.47. The molecule has 1 saturated carbocycles. The van der Waals surface area contributed by atoms with Gasteiger partial charge in [-0.1, -0.05) is 39.7 Å². The number of carbonyl (C=O) groups is 1. The third kappa shape index (κ3) is 5.77. The van der Waals surface area contributed by atoms with Gasteiger partial charge in [0, 0.05) is 35.8 Å². The lowest BCUT2D eigenvalue weighted by Gasteiger charge is -2.36. The predicted octanol–water partition coefficient (Wildman–Crippen LogP) is 4.75. The molecule has 1 aliphatic heterocycles. The molecule has 2 aliphatic rings. The van der Waals surface area contributed by atoms with Crippen LogP contribution in [0.2, 0.25) is 0 Å². The molecule has 0 spiro atoms. The number of pyridine rings is 1. The molecular formula is C26H39N5O. The van der Waals surface area contributed by atoms with E-state index >= 15 is 0 Å². The third-order valence-electron chi connectivity index (χ3n) is 7.24. The summed E-state index contributed by atoms with van der Waals surface area (Å²) >= 11 is 0.